The van der Waals surface area contributed by atoms with Crippen molar-refractivity contribution in [2.24, 2.45) is 4.99 Å². The lowest BCUT2D eigenvalue weighted by Crippen LogP contribution is -2.50. The minimum Gasteiger partial charge on any atom is -0.508 e. The standard InChI is InChI=1S/C22H28N6O2/c1-3-26-20(30)18-19(27-11-10-23-22(26)27)25-21(24-16-6-4-5-7-16)28(18)13-15-8-9-17(29)14(2)12-15/h8-9,12,16,29H,3-7,10-11,13H2,1-2H3,(H,24,25). The highest BCUT2D eigenvalue weighted by molar-refractivity contribution is 6.18. The molecule has 30 heavy (non-hydrogen) atoms. The predicted octanol–water partition coefficient (Wildman–Crippen LogP) is 2.95. The third kappa shape index (κ3) is 3.02. The summed E-state index contributed by atoms with van der Waals surface area (Å²) in [6, 6.07) is 5.97. The molecule has 158 valence electrons. The summed E-state index contributed by atoms with van der Waals surface area (Å²) >= 11 is 0. The van der Waals surface area contributed by atoms with Crippen LogP contribution in [0.5, 0.6) is 5.75 Å². The Morgan fingerprint density at radius 1 is 1.27 bits per heavy atom. The topological polar surface area (TPSA) is 86.0 Å². The van der Waals surface area contributed by atoms with Gasteiger partial charge < -0.3 is 10.4 Å². The van der Waals surface area contributed by atoms with Crippen molar-refractivity contribution >= 4 is 23.6 Å². The molecule has 0 spiro atoms. The molecule has 3 aliphatic rings. The van der Waals surface area contributed by atoms with E-state index in [9.17, 15) is 9.90 Å². The smallest absolute Gasteiger partial charge is 0.281 e. The van der Waals surface area contributed by atoms with E-state index in [0.29, 0.717) is 43.1 Å². The van der Waals surface area contributed by atoms with Gasteiger partial charge in [0.1, 0.15) is 5.75 Å². The first-order valence-electron chi connectivity index (χ1n) is 10.9. The van der Waals surface area contributed by atoms with Crippen LogP contribution in [0.4, 0.5) is 11.8 Å². The van der Waals surface area contributed by atoms with E-state index in [1.54, 1.807) is 11.0 Å². The number of carbonyl (C=O) groups excluding carboxylic acids is 1. The molecule has 2 N–H and O–H groups in total. The number of rotatable bonds is 5. The number of aliphatic imine (C=N–C) groups is 1. The summed E-state index contributed by atoms with van der Waals surface area (Å²) in [5, 5.41) is 13.5. The number of anilines is 2. The van der Waals surface area contributed by atoms with Crippen molar-refractivity contribution in [1.82, 2.24) is 14.5 Å². The number of aromatic nitrogens is 2. The number of imidazole rings is 1. The van der Waals surface area contributed by atoms with Crippen molar-refractivity contribution < 1.29 is 9.90 Å². The summed E-state index contributed by atoms with van der Waals surface area (Å²) in [4.78, 5) is 26.7. The molecule has 8 nitrogen and oxygen atoms in total. The number of phenols is 1. The van der Waals surface area contributed by atoms with E-state index in [1.807, 2.05) is 30.5 Å². The Labute approximate surface area is 176 Å². The Kier molecular flexibility index (Phi) is 4.64. The maximum atomic E-state index is 13.5. The zero-order valence-corrected chi connectivity index (χ0v) is 17.6. The largest absolute Gasteiger partial charge is 0.508 e. The fourth-order valence-corrected chi connectivity index (χ4v) is 4.73. The average molecular weight is 409 g/mol. The molecule has 5 rings (SSSR count). The minimum atomic E-state index is -0.0492. The molecular formula is C22H28N6O2. The van der Waals surface area contributed by atoms with Gasteiger partial charge in [-0.1, -0.05) is 25.0 Å². The number of fused-ring (bicyclic) bond motifs is 3. The van der Waals surface area contributed by atoms with E-state index >= 15 is 0 Å². The lowest BCUT2D eigenvalue weighted by atomic mass is 10.1. The van der Waals surface area contributed by atoms with Crippen LogP contribution in [0.25, 0.3) is 0 Å². The molecule has 0 radical (unpaired) electrons. The number of guanidine groups is 1. The third-order valence-corrected chi connectivity index (χ3v) is 6.32. The molecule has 3 heterocycles. The minimum absolute atomic E-state index is 0.0492. The highest BCUT2D eigenvalue weighted by Crippen LogP contribution is 2.34. The number of hydrogen-bond donors (Lipinski definition) is 2. The van der Waals surface area contributed by atoms with Gasteiger partial charge in [-0.3, -0.25) is 24.2 Å². The number of amides is 1. The highest BCUT2D eigenvalue weighted by Gasteiger charge is 2.41. The van der Waals surface area contributed by atoms with Crippen LogP contribution in [-0.2, 0) is 6.54 Å². The van der Waals surface area contributed by atoms with Crippen LogP contribution in [0.2, 0.25) is 0 Å². The molecule has 2 aromatic rings. The molecule has 0 saturated heterocycles. The number of nitrogens with one attached hydrogen (secondary N) is 1. The Balaban J connectivity index is 1.60. The van der Waals surface area contributed by atoms with Gasteiger partial charge in [-0.05, 0) is 43.9 Å². The van der Waals surface area contributed by atoms with Gasteiger partial charge in [0.25, 0.3) is 5.91 Å². The number of nitrogens with zero attached hydrogens (tertiary/aromatic N) is 5. The number of carbonyl (C=O) groups is 1. The first kappa shape index (κ1) is 19.0. The van der Waals surface area contributed by atoms with Gasteiger partial charge in [-0.2, -0.15) is 4.98 Å². The van der Waals surface area contributed by atoms with E-state index < -0.39 is 0 Å². The Morgan fingerprint density at radius 2 is 2.07 bits per heavy atom. The monoisotopic (exact) mass is 408 g/mol. The third-order valence-electron chi connectivity index (χ3n) is 6.32. The number of aromatic hydroxyl groups is 1. The first-order valence-corrected chi connectivity index (χ1v) is 10.9. The highest BCUT2D eigenvalue weighted by atomic mass is 16.3. The zero-order chi connectivity index (χ0) is 20.8. The summed E-state index contributed by atoms with van der Waals surface area (Å²) in [5.74, 6) is 2.40. The van der Waals surface area contributed by atoms with E-state index in [2.05, 4.69) is 15.2 Å². The molecule has 1 amide bonds. The van der Waals surface area contributed by atoms with Crippen molar-refractivity contribution in [3.63, 3.8) is 0 Å². The van der Waals surface area contributed by atoms with Crippen LogP contribution in [0, 0.1) is 6.92 Å². The molecule has 2 aliphatic heterocycles. The van der Waals surface area contributed by atoms with Gasteiger partial charge in [0.15, 0.2) is 11.5 Å². The summed E-state index contributed by atoms with van der Waals surface area (Å²) in [5.41, 5.74) is 2.46. The molecule has 1 aromatic carbocycles. The van der Waals surface area contributed by atoms with Crippen LogP contribution in [0.3, 0.4) is 0 Å². The zero-order valence-electron chi connectivity index (χ0n) is 17.6. The van der Waals surface area contributed by atoms with Crippen molar-refractivity contribution in [2.75, 3.05) is 29.9 Å². The van der Waals surface area contributed by atoms with Gasteiger partial charge in [0.05, 0.1) is 13.1 Å². The Hall–Kier alpha value is -3.03. The van der Waals surface area contributed by atoms with E-state index in [1.165, 1.54) is 12.8 Å². The molecule has 1 saturated carbocycles. The van der Waals surface area contributed by atoms with Gasteiger partial charge in [-0.25, -0.2) is 0 Å². The van der Waals surface area contributed by atoms with Crippen LogP contribution < -0.4 is 10.2 Å². The maximum absolute atomic E-state index is 13.5. The second-order valence-electron chi connectivity index (χ2n) is 8.32. The first-order chi connectivity index (χ1) is 14.6. The van der Waals surface area contributed by atoms with Crippen molar-refractivity contribution in [1.29, 1.82) is 0 Å². The second-order valence-corrected chi connectivity index (χ2v) is 8.32. The Bertz CT molecular complexity index is 1020. The number of benzene rings is 1. The molecule has 0 bridgehead atoms. The molecule has 8 heteroatoms. The lowest BCUT2D eigenvalue weighted by Gasteiger charge is -2.32. The molecule has 0 atom stereocenters. The molecule has 1 fully saturated rings. The van der Waals surface area contributed by atoms with Crippen LogP contribution >= 0.6 is 0 Å². The normalized spacial score (nSPS) is 18.6. The van der Waals surface area contributed by atoms with Crippen LogP contribution in [-0.4, -0.2) is 57.1 Å². The van der Waals surface area contributed by atoms with Crippen LogP contribution in [0.1, 0.15) is 54.2 Å². The van der Waals surface area contributed by atoms with Gasteiger partial charge in [0.2, 0.25) is 11.9 Å². The SMILES string of the molecule is CCN1C(=O)c2c(nc(NC3CCCC3)n2Cc2ccc(O)c(C)c2)N2CCN=C12. The van der Waals surface area contributed by atoms with E-state index in [4.69, 9.17) is 4.98 Å². The molecule has 1 aromatic heterocycles. The maximum Gasteiger partial charge on any atom is 0.281 e. The molecule has 1 aliphatic carbocycles. The summed E-state index contributed by atoms with van der Waals surface area (Å²) < 4.78 is 2.01. The van der Waals surface area contributed by atoms with Crippen molar-refractivity contribution in [3.05, 3.63) is 35.0 Å². The average Bonchev–Trinajstić information content (AvgIpc) is 3.46. The predicted molar refractivity (Wildman–Crippen MR) is 116 cm³/mol. The molecular weight excluding hydrogens is 380 g/mol. The quantitative estimate of drug-likeness (QED) is 0.794. The Morgan fingerprint density at radius 3 is 2.80 bits per heavy atom. The van der Waals surface area contributed by atoms with E-state index in [-0.39, 0.29) is 11.7 Å². The summed E-state index contributed by atoms with van der Waals surface area (Å²) in [7, 11) is 0. The fraction of sp³-hybridized carbons (Fsp3) is 0.500. The molecule has 0 unspecified atom stereocenters. The number of phenolic OH excluding ortho intramolecular Hbond substituents is 1. The number of aryl methyl sites for hydroxylation is 1. The van der Waals surface area contributed by atoms with Crippen LogP contribution in [0.15, 0.2) is 23.2 Å². The summed E-state index contributed by atoms with van der Waals surface area (Å²) in [6.45, 7) is 6.36. The summed E-state index contributed by atoms with van der Waals surface area (Å²) in [6.07, 6.45) is 4.70. The van der Waals surface area contributed by atoms with Gasteiger partial charge in [0, 0.05) is 19.1 Å². The van der Waals surface area contributed by atoms with E-state index in [0.717, 1.165) is 36.5 Å². The fourth-order valence-electron chi connectivity index (χ4n) is 4.73. The van der Waals surface area contributed by atoms with Crippen molar-refractivity contribution in [3.8, 4) is 5.75 Å². The lowest BCUT2D eigenvalue weighted by molar-refractivity contribution is 0.0836. The number of hydrogen-bond acceptors (Lipinski definition) is 6. The van der Waals surface area contributed by atoms with Gasteiger partial charge in [-0.15, -0.1) is 0 Å². The van der Waals surface area contributed by atoms with Crippen molar-refractivity contribution in [2.45, 2.75) is 52.1 Å². The second kappa shape index (κ2) is 7.34. The van der Waals surface area contributed by atoms with Gasteiger partial charge >= 0.3 is 0 Å².